The SMILES string of the molecule is Cc1nc2cc3c(cc2n1CC(=O)Nc1ccc(C(N)=O)cc1)OCCO3. The van der Waals surface area contributed by atoms with Crippen LogP contribution in [0.2, 0.25) is 0 Å². The molecule has 138 valence electrons. The van der Waals surface area contributed by atoms with Gasteiger partial charge in [0.05, 0.1) is 11.0 Å². The molecule has 0 saturated carbocycles. The van der Waals surface area contributed by atoms with Crippen molar-refractivity contribution in [1.29, 1.82) is 0 Å². The molecule has 0 unspecified atom stereocenters. The molecule has 1 aliphatic rings. The van der Waals surface area contributed by atoms with Gasteiger partial charge in [0.2, 0.25) is 11.8 Å². The number of amides is 2. The van der Waals surface area contributed by atoms with E-state index in [-0.39, 0.29) is 12.5 Å². The molecule has 0 atom stereocenters. The Morgan fingerprint density at radius 2 is 1.81 bits per heavy atom. The fraction of sp³-hybridized carbons (Fsp3) is 0.211. The second-order valence-corrected chi connectivity index (χ2v) is 6.22. The fourth-order valence-corrected chi connectivity index (χ4v) is 3.04. The maximum Gasteiger partial charge on any atom is 0.248 e. The van der Waals surface area contributed by atoms with Gasteiger partial charge >= 0.3 is 0 Å². The van der Waals surface area contributed by atoms with E-state index in [4.69, 9.17) is 15.2 Å². The first-order valence-corrected chi connectivity index (χ1v) is 8.47. The van der Waals surface area contributed by atoms with Crippen LogP contribution in [0.4, 0.5) is 5.69 Å². The molecule has 1 aliphatic heterocycles. The highest BCUT2D eigenvalue weighted by Gasteiger charge is 2.18. The van der Waals surface area contributed by atoms with Crippen LogP contribution in [0, 0.1) is 6.92 Å². The van der Waals surface area contributed by atoms with E-state index in [1.807, 2.05) is 23.6 Å². The molecular weight excluding hydrogens is 348 g/mol. The Labute approximate surface area is 154 Å². The van der Waals surface area contributed by atoms with E-state index in [0.29, 0.717) is 41.8 Å². The molecule has 3 aromatic rings. The molecule has 4 rings (SSSR count). The van der Waals surface area contributed by atoms with Crippen molar-refractivity contribution in [2.24, 2.45) is 5.73 Å². The first-order valence-electron chi connectivity index (χ1n) is 8.47. The van der Waals surface area contributed by atoms with Crippen molar-refractivity contribution in [3.63, 3.8) is 0 Å². The Hall–Kier alpha value is -3.55. The molecule has 1 aromatic heterocycles. The number of hydrogen-bond donors (Lipinski definition) is 2. The number of aromatic nitrogens is 2. The first-order chi connectivity index (χ1) is 13.0. The number of primary amides is 1. The molecule has 0 fully saturated rings. The molecule has 3 N–H and O–H groups in total. The summed E-state index contributed by atoms with van der Waals surface area (Å²) >= 11 is 0. The summed E-state index contributed by atoms with van der Waals surface area (Å²) < 4.78 is 13.0. The third kappa shape index (κ3) is 3.29. The van der Waals surface area contributed by atoms with Gasteiger partial charge in [-0.05, 0) is 31.2 Å². The fourth-order valence-electron chi connectivity index (χ4n) is 3.04. The second-order valence-electron chi connectivity index (χ2n) is 6.22. The Kier molecular flexibility index (Phi) is 4.15. The standard InChI is InChI=1S/C19H18N4O4/c1-11-21-14-8-16-17(27-7-6-26-16)9-15(14)23(11)10-18(24)22-13-4-2-12(3-5-13)19(20)25/h2-5,8-9H,6-7,10H2,1H3,(H2,20,25)(H,22,24). The predicted molar refractivity (Wildman–Crippen MR) is 99.0 cm³/mol. The Morgan fingerprint density at radius 3 is 2.48 bits per heavy atom. The molecule has 2 amide bonds. The Bertz CT molecular complexity index is 1040. The molecule has 0 bridgehead atoms. The summed E-state index contributed by atoms with van der Waals surface area (Å²) in [6, 6.07) is 10.1. The van der Waals surface area contributed by atoms with E-state index < -0.39 is 5.91 Å². The maximum absolute atomic E-state index is 12.5. The largest absolute Gasteiger partial charge is 0.486 e. The number of carbonyl (C=O) groups excluding carboxylic acids is 2. The summed E-state index contributed by atoms with van der Waals surface area (Å²) in [6.45, 7) is 2.94. The van der Waals surface area contributed by atoms with Crippen molar-refractivity contribution >= 4 is 28.5 Å². The average molecular weight is 366 g/mol. The smallest absolute Gasteiger partial charge is 0.248 e. The zero-order valence-electron chi connectivity index (χ0n) is 14.7. The summed E-state index contributed by atoms with van der Waals surface area (Å²) in [5, 5.41) is 2.80. The number of nitrogens with one attached hydrogen (secondary N) is 1. The van der Waals surface area contributed by atoms with Crippen molar-refractivity contribution in [3.8, 4) is 11.5 Å². The van der Waals surface area contributed by atoms with Crippen LogP contribution in [0.1, 0.15) is 16.2 Å². The summed E-state index contributed by atoms with van der Waals surface area (Å²) in [4.78, 5) is 28.1. The molecule has 2 heterocycles. The zero-order valence-corrected chi connectivity index (χ0v) is 14.7. The van der Waals surface area contributed by atoms with Gasteiger partial charge in [0.1, 0.15) is 25.6 Å². The highest BCUT2D eigenvalue weighted by molar-refractivity contribution is 5.95. The molecular formula is C19H18N4O4. The van der Waals surface area contributed by atoms with Crippen LogP contribution in [0.3, 0.4) is 0 Å². The molecule has 8 nitrogen and oxygen atoms in total. The Morgan fingerprint density at radius 1 is 1.15 bits per heavy atom. The molecule has 8 heteroatoms. The zero-order chi connectivity index (χ0) is 19.0. The number of benzene rings is 2. The van der Waals surface area contributed by atoms with Crippen LogP contribution in [-0.4, -0.2) is 34.6 Å². The number of aryl methyl sites for hydroxylation is 1. The van der Waals surface area contributed by atoms with Gasteiger partial charge in [-0.3, -0.25) is 9.59 Å². The molecule has 2 aromatic carbocycles. The second kappa shape index (κ2) is 6.64. The van der Waals surface area contributed by atoms with Crippen molar-refractivity contribution < 1.29 is 19.1 Å². The topological polar surface area (TPSA) is 108 Å². The highest BCUT2D eigenvalue weighted by Crippen LogP contribution is 2.34. The average Bonchev–Trinajstić information content (AvgIpc) is 2.94. The van der Waals surface area contributed by atoms with Gasteiger partial charge < -0.3 is 25.1 Å². The normalized spacial score (nSPS) is 12.8. The van der Waals surface area contributed by atoms with Crippen molar-refractivity contribution in [2.75, 3.05) is 18.5 Å². The van der Waals surface area contributed by atoms with Crippen LogP contribution < -0.4 is 20.5 Å². The lowest BCUT2D eigenvalue weighted by atomic mass is 10.2. The van der Waals surface area contributed by atoms with Crippen LogP contribution in [0.25, 0.3) is 11.0 Å². The van der Waals surface area contributed by atoms with Gasteiger partial charge in [-0.2, -0.15) is 0 Å². The van der Waals surface area contributed by atoms with Crippen LogP contribution in [-0.2, 0) is 11.3 Å². The van der Waals surface area contributed by atoms with Gasteiger partial charge in [-0.25, -0.2) is 4.98 Å². The van der Waals surface area contributed by atoms with Crippen molar-refractivity contribution in [1.82, 2.24) is 9.55 Å². The van der Waals surface area contributed by atoms with E-state index in [0.717, 1.165) is 11.0 Å². The van der Waals surface area contributed by atoms with E-state index in [1.54, 1.807) is 24.3 Å². The molecule has 0 saturated heterocycles. The number of carbonyl (C=O) groups is 2. The summed E-state index contributed by atoms with van der Waals surface area (Å²) in [5.74, 6) is 1.31. The number of rotatable bonds is 4. The maximum atomic E-state index is 12.5. The van der Waals surface area contributed by atoms with Crippen LogP contribution >= 0.6 is 0 Å². The Balaban J connectivity index is 1.56. The number of fused-ring (bicyclic) bond motifs is 2. The van der Waals surface area contributed by atoms with Crippen LogP contribution in [0.5, 0.6) is 11.5 Å². The summed E-state index contributed by atoms with van der Waals surface area (Å²) in [6.07, 6.45) is 0. The van der Waals surface area contributed by atoms with Gasteiger partial charge in [0.25, 0.3) is 0 Å². The van der Waals surface area contributed by atoms with Gasteiger partial charge in [-0.15, -0.1) is 0 Å². The lowest BCUT2D eigenvalue weighted by Crippen LogP contribution is -2.20. The van der Waals surface area contributed by atoms with E-state index in [2.05, 4.69) is 10.3 Å². The van der Waals surface area contributed by atoms with Gasteiger partial charge in [0, 0.05) is 23.4 Å². The summed E-state index contributed by atoms with van der Waals surface area (Å²) in [7, 11) is 0. The van der Waals surface area contributed by atoms with Crippen molar-refractivity contribution in [2.45, 2.75) is 13.5 Å². The summed E-state index contributed by atoms with van der Waals surface area (Å²) in [5.41, 5.74) is 7.74. The third-order valence-corrected chi connectivity index (χ3v) is 4.36. The molecule has 27 heavy (non-hydrogen) atoms. The lowest BCUT2D eigenvalue weighted by molar-refractivity contribution is -0.116. The highest BCUT2D eigenvalue weighted by atomic mass is 16.6. The molecule has 0 spiro atoms. The van der Waals surface area contributed by atoms with Gasteiger partial charge in [-0.1, -0.05) is 0 Å². The minimum atomic E-state index is -0.511. The molecule has 0 aliphatic carbocycles. The quantitative estimate of drug-likeness (QED) is 0.732. The van der Waals surface area contributed by atoms with Crippen LogP contribution in [0.15, 0.2) is 36.4 Å². The number of anilines is 1. The number of nitrogens with two attached hydrogens (primary N) is 1. The number of hydrogen-bond acceptors (Lipinski definition) is 5. The monoisotopic (exact) mass is 366 g/mol. The first kappa shape index (κ1) is 16.9. The number of imidazole rings is 1. The minimum absolute atomic E-state index is 0.0968. The third-order valence-electron chi connectivity index (χ3n) is 4.36. The predicted octanol–water partition coefficient (Wildman–Crippen LogP) is 1.85. The number of ether oxygens (including phenoxy) is 2. The molecule has 0 radical (unpaired) electrons. The minimum Gasteiger partial charge on any atom is -0.486 e. The van der Waals surface area contributed by atoms with E-state index >= 15 is 0 Å². The van der Waals surface area contributed by atoms with E-state index in [1.165, 1.54) is 0 Å². The van der Waals surface area contributed by atoms with Gasteiger partial charge in [0.15, 0.2) is 11.5 Å². The lowest BCUT2D eigenvalue weighted by Gasteiger charge is -2.18. The van der Waals surface area contributed by atoms with E-state index in [9.17, 15) is 9.59 Å². The number of nitrogens with zero attached hydrogens (tertiary/aromatic N) is 2. The van der Waals surface area contributed by atoms with Crippen molar-refractivity contribution in [3.05, 3.63) is 47.8 Å².